The van der Waals surface area contributed by atoms with E-state index < -0.39 is 0 Å². The van der Waals surface area contributed by atoms with Gasteiger partial charge >= 0.3 is 11.6 Å². The number of carbonyl (C=O) groups is 1. The average molecular weight is 376 g/mol. The molecule has 1 aliphatic carbocycles. The molecular weight excluding hydrogens is 352 g/mol. The smallest absolute Gasteiger partial charge is 0.344 e. The van der Waals surface area contributed by atoms with E-state index in [2.05, 4.69) is 6.92 Å². The van der Waals surface area contributed by atoms with Crippen molar-refractivity contribution in [3.63, 3.8) is 0 Å². The molecule has 1 aliphatic rings. The number of hydrogen-bond acceptors (Lipinski definition) is 4. The van der Waals surface area contributed by atoms with Crippen LogP contribution in [-0.4, -0.2) is 12.1 Å². The van der Waals surface area contributed by atoms with Crippen LogP contribution in [0.15, 0.2) is 57.7 Å². The molecule has 0 unspecified atom stereocenters. The van der Waals surface area contributed by atoms with Gasteiger partial charge in [-0.25, -0.2) is 9.59 Å². The van der Waals surface area contributed by atoms with E-state index in [9.17, 15) is 9.59 Å². The molecule has 0 amide bonds. The molecule has 1 aromatic heterocycles. The Kier molecular flexibility index (Phi) is 5.03. The molecule has 3 aromatic rings. The first kappa shape index (κ1) is 18.5. The van der Waals surface area contributed by atoms with Crippen molar-refractivity contribution >= 4 is 16.9 Å². The van der Waals surface area contributed by atoms with E-state index in [1.807, 2.05) is 31.2 Å². The van der Waals surface area contributed by atoms with Crippen molar-refractivity contribution in [2.24, 2.45) is 5.92 Å². The van der Waals surface area contributed by atoms with Crippen LogP contribution in [0.25, 0.3) is 22.1 Å². The molecule has 4 rings (SSSR count). The molecular formula is C24H24O4. The van der Waals surface area contributed by atoms with Gasteiger partial charge in [-0.2, -0.15) is 0 Å². The highest BCUT2D eigenvalue weighted by atomic mass is 16.5. The lowest BCUT2D eigenvalue weighted by Crippen LogP contribution is -2.24. The van der Waals surface area contributed by atoms with Crippen molar-refractivity contribution in [1.82, 2.24) is 0 Å². The van der Waals surface area contributed by atoms with Gasteiger partial charge in [0.2, 0.25) is 0 Å². The van der Waals surface area contributed by atoms with E-state index in [1.165, 1.54) is 6.42 Å². The first-order valence-corrected chi connectivity index (χ1v) is 9.86. The van der Waals surface area contributed by atoms with Gasteiger partial charge in [0.1, 0.15) is 11.7 Å². The summed E-state index contributed by atoms with van der Waals surface area (Å²) in [5.41, 5.74) is 2.81. The third kappa shape index (κ3) is 3.72. The number of benzene rings is 2. The van der Waals surface area contributed by atoms with Gasteiger partial charge in [0, 0.05) is 5.39 Å². The van der Waals surface area contributed by atoms with Gasteiger partial charge in [0.15, 0.2) is 0 Å². The zero-order chi connectivity index (χ0) is 19.7. The molecule has 0 bridgehead atoms. The van der Waals surface area contributed by atoms with Gasteiger partial charge in [-0.1, -0.05) is 37.6 Å². The van der Waals surface area contributed by atoms with Crippen molar-refractivity contribution in [3.05, 3.63) is 70.1 Å². The Labute approximate surface area is 164 Å². The lowest BCUT2D eigenvalue weighted by molar-refractivity contribution is 0.0155. The molecule has 4 nitrogen and oxygen atoms in total. The Morgan fingerprint density at radius 3 is 2.68 bits per heavy atom. The second kappa shape index (κ2) is 7.63. The van der Waals surface area contributed by atoms with E-state index in [4.69, 9.17) is 9.15 Å². The fourth-order valence-electron chi connectivity index (χ4n) is 4.05. The van der Waals surface area contributed by atoms with Crippen LogP contribution in [0.5, 0.6) is 0 Å². The molecule has 2 atom stereocenters. The van der Waals surface area contributed by atoms with Gasteiger partial charge in [-0.05, 0) is 67.5 Å². The number of hydrogen-bond donors (Lipinski definition) is 0. The van der Waals surface area contributed by atoms with E-state index in [0.717, 1.165) is 35.8 Å². The van der Waals surface area contributed by atoms with Crippen LogP contribution >= 0.6 is 0 Å². The van der Waals surface area contributed by atoms with Crippen molar-refractivity contribution in [2.45, 2.75) is 45.6 Å². The number of rotatable bonds is 3. The van der Waals surface area contributed by atoms with E-state index in [1.54, 1.807) is 24.3 Å². The van der Waals surface area contributed by atoms with Gasteiger partial charge in [-0.3, -0.25) is 0 Å². The zero-order valence-corrected chi connectivity index (χ0v) is 16.2. The standard InChI is InChI=1S/C24H24O4/c1-15-6-5-8-19(12-15)27-23(25)18-10-11-20(16(2)13-18)21-14-17-7-3-4-9-22(17)28-24(21)26/h3-4,7,9-11,13-15,19H,5-6,8,12H2,1-2H3/t15-,19+/m0/s1. The first-order valence-electron chi connectivity index (χ1n) is 9.86. The molecule has 0 N–H and O–H groups in total. The summed E-state index contributed by atoms with van der Waals surface area (Å²) >= 11 is 0. The minimum Gasteiger partial charge on any atom is -0.459 e. The number of carbonyl (C=O) groups excluding carboxylic acids is 1. The van der Waals surface area contributed by atoms with Crippen molar-refractivity contribution in [3.8, 4) is 11.1 Å². The SMILES string of the molecule is Cc1cc(C(=O)O[C@@H]2CCC[C@H](C)C2)ccc1-c1cc2ccccc2oc1=O. The van der Waals surface area contributed by atoms with Gasteiger partial charge in [0.25, 0.3) is 0 Å². The fraction of sp³-hybridized carbons (Fsp3) is 0.333. The maximum Gasteiger partial charge on any atom is 0.344 e. The van der Waals surface area contributed by atoms with E-state index in [-0.39, 0.29) is 17.7 Å². The molecule has 1 saturated carbocycles. The Hall–Kier alpha value is -2.88. The Bertz CT molecular complexity index is 1080. The van der Waals surface area contributed by atoms with Crippen molar-refractivity contribution in [2.75, 3.05) is 0 Å². The normalized spacial score (nSPS) is 19.5. The Balaban J connectivity index is 1.60. The molecule has 0 aliphatic heterocycles. The second-order valence-corrected chi connectivity index (χ2v) is 7.81. The summed E-state index contributed by atoms with van der Waals surface area (Å²) in [6, 6.07) is 14.6. The minimum absolute atomic E-state index is 0.00349. The van der Waals surface area contributed by atoms with Gasteiger partial charge in [-0.15, -0.1) is 0 Å². The Morgan fingerprint density at radius 2 is 1.89 bits per heavy atom. The van der Waals surface area contributed by atoms with Gasteiger partial charge in [0.05, 0.1) is 11.1 Å². The maximum atomic E-state index is 12.6. The van der Waals surface area contributed by atoms with E-state index >= 15 is 0 Å². The number of fused-ring (bicyclic) bond motifs is 1. The third-order valence-corrected chi connectivity index (χ3v) is 5.56. The first-order chi connectivity index (χ1) is 13.5. The molecule has 1 heterocycles. The predicted octanol–water partition coefficient (Wildman–Crippen LogP) is 5.50. The van der Waals surface area contributed by atoms with Crippen molar-refractivity contribution < 1.29 is 13.9 Å². The van der Waals surface area contributed by atoms with Crippen LogP contribution in [0.4, 0.5) is 0 Å². The Morgan fingerprint density at radius 1 is 1.07 bits per heavy atom. The highest BCUT2D eigenvalue weighted by Gasteiger charge is 2.23. The van der Waals surface area contributed by atoms with Crippen LogP contribution < -0.4 is 5.63 Å². The summed E-state index contributed by atoms with van der Waals surface area (Å²) in [7, 11) is 0. The lowest BCUT2D eigenvalue weighted by Gasteiger charge is -2.26. The van der Waals surface area contributed by atoms with Crippen LogP contribution in [0.3, 0.4) is 0 Å². The summed E-state index contributed by atoms with van der Waals surface area (Å²) in [6.07, 6.45) is 4.18. The molecule has 2 aromatic carbocycles. The lowest BCUT2D eigenvalue weighted by atomic mass is 9.88. The zero-order valence-electron chi connectivity index (χ0n) is 16.2. The maximum absolute atomic E-state index is 12.6. The molecule has 0 saturated heterocycles. The third-order valence-electron chi connectivity index (χ3n) is 5.56. The van der Waals surface area contributed by atoms with Crippen molar-refractivity contribution in [1.29, 1.82) is 0 Å². The highest BCUT2D eigenvalue weighted by Crippen LogP contribution is 2.28. The number of aryl methyl sites for hydroxylation is 1. The summed E-state index contributed by atoms with van der Waals surface area (Å²) in [6.45, 7) is 4.09. The van der Waals surface area contributed by atoms with Crippen LogP contribution in [-0.2, 0) is 4.74 Å². The largest absolute Gasteiger partial charge is 0.459 e. The molecule has 1 fully saturated rings. The summed E-state index contributed by atoms with van der Waals surface area (Å²) in [5, 5.41) is 0.867. The molecule has 4 heteroatoms. The minimum atomic E-state index is -0.381. The van der Waals surface area contributed by atoms with Crippen LogP contribution in [0.2, 0.25) is 0 Å². The van der Waals surface area contributed by atoms with Crippen LogP contribution in [0, 0.1) is 12.8 Å². The topological polar surface area (TPSA) is 56.5 Å². The van der Waals surface area contributed by atoms with Crippen LogP contribution in [0.1, 0.15) is 48.5 Å². The highest BCUT2D eigenvalue weighted by molar-refractivity contribution is 5.91. The molecule has 0 radical (unpaired) electrons. The quantitative estimate of drug-likeness (QED) is 0.447. The second-order valence-electron chi connectivity index (χ2n) is 7.81. The average Bonchev–Trinajstić information content (AvgIpc) is 2.67. The van der Waals surface area contributed by atoms with E-state index in [0.29, 0.717) is 22.6 Å². The molecule has 0 spiro atoms. The predicted molar refractivity (Wildman–Crippen MR) is 109 cm³/mol. The number of esters is 1. The molecule has 28 heavy (non-hydrogen) atoms. The monoisotopic (exact) mass is 376 g/mol. The number of ether oxygens (including phenoxy) is 1. The summed E-state index contributed by atoms with van der Waals surface area (Å²) < 4.78 is 11.2. The fourth-order valence-corrected chi connectivity index (χ4v) is 4.05. The summed E-state index contributed by atoms with van der Waals surface area (Å²) in [5.74, 6) is 0.307. The summed E-state index contributed by atoms with van der Waals surface area (Å²) in [4.78, 5) is 25.0. The number of para-hydroxylation sites is 1. The molecule has 144 valence electrons. The van der Waals surface area contributed by atoms with Gasteiger partial charge < -0.3 is 9.15 Å².